The lowest BCUT2D eigenvalue weighted by Crippen LogP contribution is -2.56. The molecule has 0 bridgehead atoms. The van der Waals surface area contributed by atoms with Crippen molar-refractivity contribution in [2.75, 3.05) is 71.7 Å². The smallest absolute Gasteiger partial charge is 0.344 e. The molecule has 2 atom stereocenters. The third-order valence-corrected chi connectivity index (χ3v) is 10.4. The summed E-state index contributed by atoms with van der Waals surface area (Å²) in [7, 11) is -7.35. The summed E-state index contributed by atoms with van der Waals surface area (Å²) in [6, 6.07) is -0.899. The van der Waals surface area contributed by atoms with Crippen molar-refractivity contribution < 1.29 is 56.9 Å². The van der Waals surface area contributed by atoms with Crippen LogP contribution in [0.25, 0.3) is 0 Å². The highest BCUT2D eigenvalue weighted by atomic mass is 31.2. The number of rotatable bonds is 23. The monoisotopic (exact) mass is 631 g/mol. The molecule has 0 aromatic carbocycles. The van der Waals surface area contributed by atoms with E-state index in [-0.39, 0.29) is 52.1 Å². The number of carbonyl (C=O) groups is 3. The first kappa shape index (κ1) is 37.6. The van der Waals surface area contributed by atoms with Crippen LogP contribution in [0.2, 0.25) is 0 Å². The van der Waals surface area contributed by atoms with E-state index < -0.39 is 64.8 Å². The predicted octanol–water partition coefficient (Wildman–Crippen LogP) is 2.90. The van der Waals surface area contributed by atoms with Crippen molar-refractivity contribution in [3.05, 3.63) is 0 Å². The van der Waals surface area contributed by atoms with Gasteiger partial charge < -0.3 is 33.4 Å². The summed E-state index contributed by atoms with van der Waals surface area (Å²) in [5.74, 6) is -3.53. The van der Waals surface area contributed by atoms with Crippen LogP contribution in [0.15, 0.2) is 0 Å². The average molecular weight is 632 g/mol. The maximum atomic E-state index is 13.6. The Bertz CT molecular complexity index is 888. The zero-order chi connectivity index (χ0) is 31.1. The van der Waals surface area contributed by atoms with Crippen molar-refractivity contribution in [3.8, 4) is 0 Å². The molecule has 1 aliphatic rings. The van der Waals surface area contributed by atoms with Gasteiger partial charge in [0, 0.05) is 25.2 Å². The van der Waals surface area contributed by atoms with E-state index in [4.69, 9.17) is 18.1 Å². The minimum Gasteiger partial charge on any atom is -0.480 e. The van der Waals surface area contributed by atoms with Gasteiger partial charge in [0.1, 0.15) is 12.6 Å². The second-order valence-corrected chi connectivity index (χ2v) is 13.6. The van der Waals surface area contributed by atoms with Gasteiger partial charge in [-0.15, -0.1) is 0 Å². The third-order valence-electron chi connectivity index (χ3n) is 6.40. The van der Waals surface area contributed by atoms with E-state index in [1.165, 1.54) is 4.90 Å². The standard InChI is InChI=1S/C24H47N3O12P2/c1-5-36-40(34,37-6-2)18-26(14-13-25(15-22(28)29)16-23(30)31)20-11-9-10-12-21(20)27(17-24(32)33)19-41(35,38-7-3)39-8-4/h20-21H,5-19H2,1-4H3,(H,28,29)(H,30,31)(H,32,33)/t20-,21-/m0/s1. The predicted molar refractivity (Wildman–Crippen MR) is 150 cm³/mol. The molecule has 0 spiro atoms. The number of hydrogen-bond donors (Lipinski definition) is 3. The average Bonchev–Trinajstić information content (AvgIpc) is 2.85. The van der Waals surface area contributed by atoms with E-state index in [0.717, 1.165) is 12.8 Å². The zero-order valence-electron chi connectivity index (χ0n) is 24.5. The first-order valence-electron chi connectivity index (χ1n) is 13.9. The van der Waals surface area contributed by atoms with Crippen molar-refractivity contribution in [3.63, 3.8) is 0 Å². The molecule has 0 aliphatic heterocycles. The van der Waals surface area contributed by atoms with Gasteiger partial charge >= 0.3 is 33.1 Å². The molecule has 17 heteroatoms. The topological polar surface area (TPSA) is 193 Å². The minimum atomic E-state index is -3.68. The van der Waals surface area contributed by atoms with Crippen LogP contribution in [-0.2, 0) is 41.6 Å². The molecule has 0 amide bonds. The Kier molecular flexibility index (Phi) is 17.4. The van der Waals surface area contributed by atoms with Gasteiger partial charge in [0.05, 0.1) is 46.1 Å². The summed E-state index contributed by atoms with van der Waals surface area (Å²) in [4.78, 5) is 39.3. The van der Waals surface area contributed by atoms with E-state index in [1.54, 1.807) is 37.5 Å². The van der Waals surface area contributed by atoms with Crippen LogP contribution >= 0.6 is 15.2 Å². The minimum absolute atomic E-state index is 0.00931. The molecule has 0 aromatic heterocycles. The molecular formula is C24H47N3O12P2. The summed E-state index contributed by atoms with van der Waals surface area (Å²) in [5.41, 5.74) is 0. The molecule has 0 aromatic rings. The van der Waals surface area contributed by atoms with Crippen LogP contribution in [-0.4, -0.2) is 132 Å². The van der Waals surface area contributed by atoms with E-state index in [2.05, 4.69) is 0 Å². The van der Waals surface area contributed by atoms with Crippen molar-refractivity contribution in [1.82, 2.24) is 14.7 Å². The summed E-state index contributed by atoms with van der Waals surface area (Å²) in [5, 5.41) is 28.3. The second kappa shape index (κ2) is 19.0. The van der Waals surface area contributed by atoms with Crippen LogP contribution in [0.1, 0.15) is 53.4 Å². The molecule has 240 valence electrons. The molecule has 1 saturated carbocycles. The fourth-order valence-corrected chi connectivity index (χ4v) is 8.67. The molecule has 0 radical (unpaired) electrons. The second-order valence-electron chi connectivity index (χ2n) is 9.55. The number of carboxylic acid groups (broad SMARTS) is 3. The summed E-state index contributed by atoms with van der Waals surface area (Å²) < 4.78 is 49.0. The van der Waals surface area contributed by atoms with Crippen molar-refractivity contribution >= 4 is 33.1 Å². The van der Waals surface area contributed by atoms with E-state index in [1.807, 2.05) is 0 Å². The molecule has 41 heavy (non-hydrogen) atoms. The summed E-state index contributed by atoms with van der Waals surface area (Å²) in [6.07, 6.45) is 2.18. The normalized spacial score (nSPS) is 18.3. The Morgan fingerprint density at radius 1 is 0.634 bits per heavy atom. The molecule has 0 saturated heterocycles. The summed E-state index contributed by atoms with van der Waals surface area (Å²) >= 11 is 0. The fourth-order valence-electron chi connectivity index (χ4n) is 5.07. The van der Waals surface area contributed by atoms with Crippen molar-refractivity contribution in [2.24, 2.45) is 0 Å². The Hall–Kier alpha value is -1.41. The van der Waals surface area contributed by atoms with Gasteiger partial charge in [0.15, 0.2) is 0 Å². The van der Waals surface area contributed by atoms with E-state index in [0.29, 0.717) is 12.8 Å². The van der Waals surface area contributed by atoms with E-state index in [9.17, 15) is 38.8 Å². The van der Waals surface area contributed by atoms with Gasteiger partial charge in [-0.25, -0.2) is 0 Å². The van der Waals surface area contributed by atoms with Gasteiger partial charge in [-0.3, -0.25) is 38.2 Å². The molecular weight excluding hydrogens is 584 g/mol. The fraction of sp³-hybridized carbons (Fsp3) is 0.875. The number of carboxylic acids is 3. The molecule has 15 nitrogen and oxygen atoms in total. The lowest BCUT2D eigenvalue weighted by Gasteiger charge is -2.45. The number of aliphatic carboxylic acids is 3. The Balaban J connectivity index is 3.48. The van der Waals surface area contributed by atoms with Gasteiger partial charge in [0.25, 0.3) is 0 Å². The molecule has 0 unspecified atom stereocenters. The van der Waals surface area contributed by atoms with E-state index >= 15 is 0 Å². The zero-order valence-corrected chi connectivity index (χ0v) is 26.3. The quantitative estimate of drug-likeness (QED) is 0.139. The Morgan fingerprint density at radius 3 is 1.37 bits per heavy atom. The van der Waals surface area contributed by atoms with Gasteiger partial charge in [0.2, 0.25) is 0 Å². The lowest BCUT2D eigenvalue weighted by molar-refractivity contribution is -0.142. The highest BCUT2D eigenvalue weighted by Gasteiger charge is 2.41. The van der Waals surface area contributed by atoms with Crippen LogP contribution in [0.5, 0.6) is 0 Å². The highest BCUT2D eigenvalue weighted by Crippen LogP contribution is 2.51. The maximum Gasteiger partial charge on any atom is 0.344 e. The lowest BCUT2D eigenvalue weighted by atomic mass is 9.88. The Labute approximate surface area is 242 Å². The first-order valence-corrected chi connectivity index (χ1v) is 17.4. The van der Waals surface area contributed by atoms with Crippen LogP contribution < -0.4 is 0 Å². The SMILES string of the molecule is CCOP(=O)(CN(CCN(CC(=O)O)CC(=O)O)[C@H]1CCCC[C@@H]1N(CC(=O)O)CP(=O)(OCC)OCC)OCC. The molecule has 1 aliphatic carbocycles. The largest absolute Gasteiger partial charge is 0.480 e. The van der Waals surface area contributed by atoms with Crippen molar-refractivity contribution in [1.29, 1.82) is 0 Å². The molecule has 0 heterocycles. The number of hydrogen-bond acceptors (Lipinski definition) is 12. The van der Waals surface area contributed by atoms with Crippen LogP contribution in [0.4, 0.5) is 0 Å². The van der Waals surface area contributed by atoms with Gasteiger partial charge in [-0.2, -0.15) is 0 Å². The first-order chi connectivity index (χ1) is 19.3. The Morgan fingerprint density at radius 2 is 1.00 bits per heavy atom. The van der Waals surface area contributed by atoms with Crippen LogP contribution in [0.3, 0.4) is 0 Å². The van der Waals surface area contributed by atoms with Crippen LogP contribution in [0, 0.1) is 0 Å². The maximum absolute atomic E-state index is 13.6. The molecule has 3 N–H and O–H groups in total. The number of nitrogens with zero attached hydrogens (tertiary/aromatic N) is 3. The summed E-state index contributed by atoms with van der Waals surface area (Å²) in [6.45, 7) is 5.74. The van der Waals surface area contributed by atoms with Crippen molar-refractivity contribution in [2.45, 2.75) is 65.5 Å². The van der Waals surface area contributed by atoms with Gasteiger partial charge in [-0.1, -0.05) is 12.8 Å². The molecule has 1 fully saturated rings. The highest BCUT2D eigenvalue weighted by molar-refractivity contribution is 7.54. The van der Waals surface area contributed by atoms with Gasteiger partial charge in [-0.05, 0) is 40.5 Å². The third kappa shape index (κ3) is 14.1. The molecule has 1 rings (SSSR count).